The Bertz CT molecular complexity index is 1370. The highest BCUT2D eigenvalue weighted by Crippen LogP contribution is 2.29. The summed E-state index contributed by atoms with van der Waals surface area (Å²) in [6.07, 6.45) is 2.59. The van der Waals surface area contributed by atoms with Gasteiger partial charge in [-0.1, -0.05) is 0 Å². The third kappa shape index (κ3) is 5.29. The van der Waals surface area contributed by atoms with E-state index in [1.807, 2.05) is 30.2 Å². The number of nitriles is 1. The maximum Gasteiger partial charge on any atom is 0.171 e. The lowest BCUT2D eigenvalue weighted by Gasteiger charge is -2.42. The largest absolute Gasteiger partial charge is 0.370 e. The average Bonchev–Trinajstić information content (AvgIpc) is 3.36. The molecule has 0 bridgehead atoms. The van der Waals surface area contributed by atoms with Crippen molar-refractivity contribution < 1.29 is 13.5 Å². The summed E-state index contributed by atoms with van der Waals surface area (Å²) >= 11 is 0. The Hall–Kier alpha value is -3.53. The van der Waals surface area contributed by atoms with Crippen molar-refractivity contribution in [1.29, 1.82) is 5.26 Å². The fourth-order valence-electron chi connectivity index (χ4n) is 6.09. The van der Waals surface area contributed by atoms with Gasteiger partial charge >= 0.3 is 0 Å². The number of aromatic nitrogens is 3. The summed E-state index contributed by atoms with van der Waals surface area (Å²) in [6, 6.07) is 9.22. The van der Waals surface area contributed by atoms with Crippen molar-refractivity contribution in [2.45, 2.75) is 37.8 Å². The molecule has 40 heavy (non-hydrogen) atoms. The Labute approximate surface area is 232 Å². The Kier molecular flexibility index (Phi) is 7.44. The predicted molar refractivity (Wildman–Crippen MR) is 149 cm³/mol. The fraction of sp³-hybridized carbons (Fsp3) is 0.536. The zero-order valence-electron chi connectivity index (χ0n) is 22.7. The highest BCUT2D eigenvalue weighted by Gasteiger charge is 2.31. The number of nitrogens with two attached hydrogens (primary N) is 1. The number of nitrogens with zero attached hydrogens (tertiary/aromatic N) is 8. The summed E-state index contributed by atoms with van der Waals surface area (Å²) < 4.78 is 36.4. The number of piperidine rings is 1. The Morgan fingerprint density at radius 2 is 1.85 bits per heavy atom. The molecule has 3 aromatic rings. The normalized spacial score (nSPS) is 26.3. The molecule has 2 N–H and O–H groups in total. The van der Waals surface area contributed by atoms with Gasteiger partial charge in [0.2, 0.25) is 0 Å². The topological polar surface area (TPSA) is 102 Å². The second kappa shape index (κ2) is 11.2. The number of piperazine rings is 1. The minimum Gasteiger partial charge on any atom is -0.370 e. The number of hydrogen-bond acceptors (Lipinski definition) is 9. The first kappa shape index (κ1) is 26.7. The van der Waals surface area contributed by atoms with E-state index in [1.54, 1.807) is 6.07 Å². The van der Waals surface area contributed by atoms with Gasteiger partial charge in [-0.3, -0.25) is 4.90 Å². The minimum atomic E-state index is -1.02. The first-order chi connectivity index (χ1) is 19.4. The van der Waals surface area contributed by atoms with E-state index < -0.39 is 12.0 Å². The van der Waals surface area contributed by atoms with Crippen molar-refractivity contribution in [2.24, 2.45) is 5.73 Å². The zero-order valence-corrected chi connectivity index (χ0v) is 22.7. The number of pyridine rings is 2. The van der Waals surface area contributed by atoms with Crippen molar-refractivity contribution in [3.05, 3.63) is 48.2 Å². The van der Waals surface area contributed by atoms with E-state index in [4.69, 9.17) is 10.5 Å². The number of rotatable bonds is 5. The molecule has 3 fully saturated rings. The summed E-state index contributed by atoms with van der Waals surface area (Å²) in [6.45, 7) is 8.61. The summed E-state index contributed by atoms with van der Waals surface area (Å²) in [7, 11) is 0. The van der Waals surface area contributed by atoms with Crippen LogP contribution in [0.25, 0.3) is 5.52 Å². The van der Waals surface area contributed by atoms with Gasteiger partial charge in [-0.2, -0.15) is 10.4 Å². The molecule has 3 aliphatic rings. The molecule has 0 unspecified atom stereocenters. The molecule has 0 aliphatic carbocycles. The number of ether oxygens (including phenoxy) is 1. The lowest BCUT2D eigenvalue weighted by atomic mass is 10.0. The lowest BCUT2D eigenvalue weighted by molar-refractivity contribution is -0.0327. The highest BCUT2D eigenvalue weighted by molar-refractivity contribution is 5.74. The molecule has 4 atom stereocenters. The molecule has 3 saturated heterocycles. The third-order valence-corrected chi connectivity index (χ3v) is 8.22. The van der Waals surface area contributed by atoms with Gasteiger partial charge in [-0.05, 0) is 37.6 Å². The SMILES string of the molecule is C[C@@H]1CN(c2ccc(C#N)n3ncc(F)c23)C[C@H](CN2CCN(c3ccc(N4CC[C@@H](N)[C@H](F)C4)nc3)CC2)O1. The Morgan fingerprint density at radius 3 is 2.58 bits per heavy atom. The molecule has 3 aromatic heterocycles. The molecule has 0 aromatic carbocycles. The van der Waals surface area contributed by atoms with Gasteiger partial charge in [-0.15, -0.1) is 0 Å². The number of alkyl halides is 1. The number of anilines is 3. The molecular weight excluding hydrogens is 516 g/mol. The second-order valence-electron chi connectivity index (χ2n) is 11.0. The minimum absolute atomic E-state index is 0.0189. The van der Waals surface area contributed by atoms with Gasteiger partial charge in [0.05, 0.1) is 42.5 Å². The maximum absolute atomic E-state index is 14.7. The van der Waals surface area contributed by atoms with Crippen LogP contribution < -0.4 is 20.4 Å². The van der Waals surface area contributed by atoms with E-state index in [0.717, 1.165) is 62.7 Å². The molecule has 3 aliphatic heterocycles. The fourth-order valence-corrected chi connectivity index (χ4v) is 6.09. The van der Waals surface area contributed by atoms with Crippen molar-refractivity contribution in [3.8, 4) is 6.07 Å². The molecule has 10 nitrogen and oxygen atoms in total. The van der Waals surface area contributed by atoms with Crippen LogP contribution in [0.3, 0.4) is 0 Å². The number of hydrogen-bond donors (Lipinski definition) is 1. The van der Waals surface area contributed by atoms with Crippen molar-refractivity contribution in [2.75, 3.05) is 73.6 Å². The molecule has 0 radical (unpaired) electrons. The zero-order chi connectivity index (χ0) is 27.8. The van der Waals surface area contributed by atoms with Crippen LogP contribution in [0, 0.1) is 17.1 Å². The molecule has 6 heterocycles. The van der Waals surface area contributed by atoms with E-state index in [1.165, 1.54) is 4.52 Å². The van der Waals surface area contributed by atoms with Crippen LogP contribution in [0.4, 0.5) is 26.0 Å². The van der Waals surface area contributed by atoms with E-state index >= 15 is 0 Å². The van der Waals surface area contributed by atoms with Crippen molar-refractivity contribution in [3.63, 3.8) is 0 Å². The quantitative estimate of drug-likeness (QED) is 0.510. The van der Waals surface area contributed by atoms with Gasteiger partial charge in [0.25, 0.3) is 0 Å². The van der Waals surface area contributed by atoms with Gasteiger partial charge in [0, 0.05) is 58.4 Å². The van der Waals surface area contributed by atoms with E-state index in [-0.39, 0.29) is 18.2 Å². The molecule has 12 heteroatoms. The van der Waals surface area contributed by atoms with Crippen molar-refractivity contribution in [1.82, 2.24) is 19.5 Å². The molecule has 0 amide bonds. The van der Waals surface area contributed by atoms with Crippen LogP contribution in [0.5, 0.6) is 0 Å². The lowest BCUT2D eigenvalue weighted by Crippen LogP contribution is -2.54. The van der Waals surface area contributed by atoms with Crippen LogP contribution in [-0.4, -0.2) is 103 Å². The monoisotopic (exact) mass is 551 g/mol. The van der Waals surface area contributed by atoms with E-state index in [9.17, 15) is 14.0 Å². The summed E-state index contributed by atoms with van der Waals surface area (Å²) in [5, 5.41) is 13.5. The van der Waals surface area contributed by atoms with Crippen LogP contribution >= 0.6 is 0 Å². The van der Waals surface area contributed by atoms with E-state index in [2.05, 4.69) is 36.9 Å². The van der Waals surface area contributed by atoms with Crippen LogP contribution in [-0.2, 0) is 4.74 Å². The third-order valence-electron chi connectivity index (χ3n) is 8.22. The molecule has 212 valence electrons. The number of halogens is 2. The maximum atomic E-state index is 14.7. The van der Waals surface area contributed by atoms with Crippen molar-refractivity contribution >= 4 is 22.7 Å². The van der Waals surface area contributed by atoms with Crippen LogP contribution in [0.1, 0.15) is 19.0 Å². The number of fused-ring (bicyclic) bond motifs is 1. The summed E-state index contributed by atoms with van der Waals surface area (Å²) in [4.78, 5) is 13.5. The van der Waals surface area contributed by atoms with Gasteiger partial charge in [0.1, 0.15) is 29.3 Å². The van der Waals surface area contributed by atoms with Gasteiger partial charge < -0.3 is 25.2 Å². The average molecular weight is 552 g/mol. The summed E-state index contributed by atoms with van der Waals surface area (Å²) in [5.41, 5.74) is 8.23. The second-order valence-corrected chi connectivity index (χ2v) is 11.0. The van der Waals surface area contributed by atoms with E-state index in [0.29, 0.717) is 37.3 Å². The van der Waals surface area contributed by atoms with Crippen LogP contribution in [0.15, 0.2) is 36.7 Å². The summed E-state index contributed by atoms with van der Waals surface area (Å²) in [5.74, 6) is 0.355. The highest BCUT2D eigenvalue weighted by atomic mass is 19.1. The molecule has 6 rings (SSSR count). The van der Waals surface area contributed by atoms with Gasteiger partial charge in [-0.25, -0.2) is 18.3 Å². The Morgan fingerprint density at radius 1 is 1.02 bits per heavy atom. The van der Waals surface area contributed by atoms with Gasteiger partial charge in [0.15, 0.2) is 5.82 Å². The first-order valence-electron chi connectivity index (χ1n) is 13.9. The smallest absolute Gasteiger partial charge is 0.171 e. The first-order valence-corrected chi connectivity index (χ1v) is 13.9. The predicted octanol–water partition coefficient (Wildman–Crippen LogP) is 2.03. The number of morpholine rings is 1. The molecular formula is C28H35F2N9O. The molecule has 0 saturated carbocycles. The molecule has 0 spiro atoms. The van der Waals surface area contributed by atoms with Crippen LogP contribution in [0.2, 0.25) is 0 Å². The Balaban J connectivity index is 1.06. The standard InChI is InChI=1S/C28H35F2N9O/c1-19-15-38(26-4-2-20(12-31)39-28(26)23(29)14-34-39)17-22(40-19)16-35-8-10-36(11-9-35)21-3-5-27(33-13-21)37-7-6-25(32)24(30)18-37/h2-5,13-14,19,22,24-25H,6-11,15-18,32H2,1H3/t19-,22+,24-,25-/m1/s1.